The predicted molar refractivity (Wildman–Crippen MR) is 166 cm³/mol. The zero-order valence-electron chi connectivity index (χ0n) is 23.2. The van der Waals surface area contributed by atoms with E-state index < -0.39 is 0 Å². The Kier molecular flexibility index (Phi) is 11.0. The molecule has 0 saturated carbocycles. The van der Waals surface area contributed by atoms with Gasteiger partial charge in [-0.25, -0.2) is 4.98 Å². The third-order valence-corrected chi connectivity index (χ3v) is 6.94. The molecule has 10 nitrogen and oxygen atoms in total. The standard InChI is InChI=1S/C30H31N7O3.2ClH/c1-2-23-19-27(29-26(31-23)11-12-28(32-29)39-18-15-37-13-16-38-17-14-37)40-20-21-7-9-22(10-8-21)24-5-3-4-6-25(24)30-33-35-36-34-30;;/h3-12,19H,2,13-18,20H2,1H3,(H,33,34,35,36);2*1H. The number of halogens is 2. The number of hydrogen-bond acceptors (Lipinski definition) is 9. The Morgan fingerprint density at radius 1 is 0.905 bits per heavy atom. The van der Waals surface area contributed by atoms with E-state index in [0.29, 0.717) is 36.2 Å². The number of hydrogen-bond donors (Lipinski definition) is 1. The van der Waals surface area contributed by atoms with Gasteiger partial charge in [0, 0.05) is 43.0 Å². The van der Waals surface area contributed by atoms with Crippen molar-refractivity contribution in [2.75, 3.05) is 39.5 Å². The van der Waals surface area contributed by atoms with E-state index in [9.17, 15) is 0 Å². The van der Waals surface area contributed by atoms with Gasteiger partial charge in [-0.3, -0.25) is 9.88 Å². The maximum absolute atomic E-state index is 6.32. The second-order valence-electron chi connectivity index (χ2n) is 9.55. The summed E-state index contributed by atoms with van der Waals surface area (Å²) < 4.78 is 17.7. The fourth-order valence-corrected chi connectivity index (χ4v) is 4.74. The summed E-state index contributed by atoms with van der Waals surface area (Å²) >= 11 is 0. The van der Waals surface area contributed by atoms with Gasteiger partial charge in [0.1, 0.15) is 24.5 Å². The van der Waals surface area contributed by atoms with Crippen molar-refractivity contribution in [3.63, 3.8) is 0 Å². The molecule has 2 aromatic carbocycles. The van der Waals surface area contributed by atoms with Crippen LogP contribution in [0.2, 0.25) is 0 Å². The number of aromatic amines is 1. The summed E-state index contributed by atoms with van der Waals surface area (Å²) in [6, 6.07) is 22.1. The molecule has 0 unspecified atom stereocenters. The SMILES string of the molecule is CCc1cc(OCc2ccc(-c3ccccc3-c3nn[nH]n3)cc2)c2nc(OCCN3CCOCC3)ccc2n1.Cl.Cl. The van der Waals surface area contributed by atoms with Gasteiger partial charge in [-0.2, -0.15) is 5.21 Å². The van der Waals surface area contributed by atoms with Crippen LogP contribution in [0.3, 0.4) is 0 Å². The van der Waals surface area contributed by atoms with Gasteiger partial charge in [-0.1, -0.05) is 55.5 Å². The molecule has 1 aliphatic rings. The van der Waals surface area contributed by atoms with Gasteiger partial charge in [-0.15, -0.1) is 35.0 Å². The van der Waals surface area contributed by atoms with E-state index in [-0.39, 0.29) is 24.8 Å². The molecule has 0 radical (unpaired) electrons. The number of benzene rings is 2. The molecule has 42 heavy (non-hydrogen) atoms. The highest BCUT2D eigenvalue weighted by Gasteiger charge is 2.14. The number of H-pyrrole nitrogens is 1. The number of nitrogens with one attached hydrogen (secondary N) is 1. The molecule has 0 atom stereocenters. The lowest BCUT2D eigenvalue weighted by atomic mass is 9.98. The number of nitrogens with zero attached hydrogens (tertiary/aromatic N) is 6. The minimum absolute atomic E-state index is 0. The highest BCUT2D eigenvalue weighted by molar-refractivity contribution is 5.86. The quantitative estimate of drug-likeness (QED) is 0.229. The fourth-order valence-electron chi connectivity index (χ4n) is 4.74. The minimum Gasteiger partial charge on any atom is -0.486 e. The first-order valence-corrected chi connectivity index (χ1v) is 13.6. The Bertz CT molecular complexity index is 1560. The molecule has 1 aliphatic heterocycles. The summed E-state index contributed by atoms with van der Waals surface area (Å²) in [6.45, 7) is 7.31. The first kappa shape index (κ1) is 31.1. The van der Waals surface area contributed by atoms with E-state index >= 15 is 0 Å². The highest BCUT2D eigenvalue weighted by atomic mass is 35.5. The molecule has 3 aromatic heterocycles. The molecule has 220 valence electrons. The molecule has 4 heterocycles. The van der Waals surface area contributed by atoms with E-state index in [1.807, 2.05) is 36.4 Å². The molecule has 1 N–H and O–H groups in total. The summed E-state index contributed by atoms with van der Waals surface area (Å²) in [6.07, 6.45) is 0.804. The molecule has 12 heteroatoms. The second-order valence-corrected chi connectivity index (χ2v) is 9.55. The Hall–Kier alpha value is -3.83. The minimum atomic E-state index is 0. The normalized spacial score (nSPS) is 13.3. The molecule has 6 rings (SSSR count). The third-order valence-electron chi connectivity index (χ3n) is 6.94. The van der Waals surface area contributed by atoms with Crippen LogP contribution in [-0.4, -0.2) is 74.9 Å². The number of rotatable bonds is 10. The zero-order chi connectivity index (χ0) is 27.1. The molecule has 0 bridgehead atoms. The summed E-state index contributed by atoms with van der Waals surface area (Å²) in [5.74, 6) is 1.84. The second kappa shape index (κ2) is 14.9. The Balaban J connectivity index is 0.00000202. The van der Waals surface area contributed by atoms with Gasteiger partial charge in [0.15, 0.2) is 0 Å². The first-order chi connectivity index (χ1) is 19.8. The van der Waals surface area contributed by atoms with E-state index in [1.165, 1.54) is 0 Å². The van der Waals surface area contributed by atoms with Gasteiger partial charge in [0.05, 0.1) is 18.7 Å². The van der Waals surface area contributed by atoms with Gasteiger partial charge < -0.3 is 14.2 Å². The fraction of sp³-hybridized carbons (Fsp3) is 0.300. The van der Waals surface area contributed by atoms with E-state index in [1.54, 1.807) is 0 Å². The number of aryl methyl sites for hydroxylation is 1. The number of tetrazole rings is 1. The summed E-state index contributed by atoms with van der Waals surface area (Å²) in [7, 11) is 0. The average Bonchev–Trinajstić information content (AvgIpc) is 3.56. The molecule has 0 aliphatic carbocycles. The number of pyridine rings is 2. The van der Waals surface area contributed by atoms with Crippen molar-refractivity contribution in [3.8, 4) is 34.1 Å². The van der Waals surface area contributed by atoms with Crippen LogP contribution in [0, 0.1) is 0 Å². The zero-order valence-corrected chi connectivity index (χ0v) is 24.9. The van der Waals surface area contributed by atoms with Crippen LogP contribution in [0.25, 0.3) is 33.5 Å². The molecule has 0 spiro atoms. The Labute approximate surface area is 256 Å². The van der Waals surface area contributed by atoms with Crippen molar-refractivity contribution < 1.29 is 14.2 Å². The van der Waals surface area contributed by atoms with Gasteiger partial charge in [-0.05, 0) is 34.4 Å². The van der Waals surface area contributed by atoms with E-state index in [0.717, 1.165) is 72.7 Å². The van der Waals surface area contributed by atoms with Crippen LogP contribution in [0.5, 0.6) is 11.6 Å². The maximum atomic E-state index is 6.32. The lowest BCUT2D eigenvalue weighted by molar-refractivity contribution is 0.0320. The smallest absolute Gasteiger partial charge is 0.214 e. The number of morpholine rings is 1. The van der Waals surface area contributed by atoms with Gasteiger partial charge >= 0.3 is 0 Å². The molecule has 0 amide bonds. The van der Waals surface area contributed by atoms with Gasteiger partial charge in [0.25, 0.3) is 0 Å². The van der Waals surface area contributed by atoms with E-state index in [2.05, 4.69) is 62.8 Å². The highest BCUT2D eigenvalue weighted by Crippen LogP contribution is 2.31. The largest absolute Gasteiger partial charge is 0.486 e. The monoisotopic (exact) mass is 609 g/mol. The molecular formula is C30H33Cl2N7O3. The van der Waals surface area contributed by atoms with E-state index in [4.69, 9.17) is 24.2 Å². The topological polar surface area (TPSA) is 111 Å². The number of fused-ring (bicyclic) bond motifs is 1. The molecular weight excluding hydrogens is 577 g/mol. The molecule has 1 fully saturated rings. The van der Waals surface area contributed by atoms with Crippen LogP contribution in [0.1, 0.15) is 18.2 Å². The van der Waals surface area contributed by atoms with Crippen LogP contribution in [0.4, 0.5) is 0 Å². The Morgan fingerprint density at radius 3 is 2.43 bits per heavy atom. The molecule has 1 saturated heterocycles. The van der Waals surface area contributed by atoms with Crippen LogP contribution >= 0.6 is 24.8 Å². The summed E-state index contributed by atoms with van der Waals surface area (Å²) in [5, 5.41) is 14.5. The van der Waals surface area contributed by atoms with Crippen molar-refractivity contribution in [2.24, 2.45) is 0 Å². The summed E-state index contributed by atoms with van der Waals surface area (Å²) in [5.41, 5.74) is 6.52. The molecule has 5 aromatic rings. The lowest BCUT2D eigenvalue weighted by Gasteiger charge is -2.26. The van der Waals surface area contributed by atoms with Crippen molar-refractivity contribution in [1.82, 2.24) is 35.5 Å². The van der Waals surface area contributed by atoms with Crippen LogP contribution in [-0.2, 0) is 17.8 Å². The van der Waals surface area contributed by atoms with Crippen LogP contribution < -0.4 is 9.47 Å². The summed E-state index contributed by atoms with van der Waals surface area (Å²) in [4.78, 5) is 11.8. The van der Waals surface area contributed by atoms with Gasteiger partial charge in [0.2, 0.25) is 11.7 Å². The number of aromatic nitrogens is 6. The van der Waals surface area contributed by atoms with Crippen molar-refractivity contribution >= 4 is 35.8 Å². The maximum Gasteiger partial charge on any atom is 0.214 e. The first-order valence-electron chi connectivity index (χ1n) is 13.6. The van der Waals surface area contributed by atoms with Crippen LogP contribution in [0.15, 0.2) is 66.7 Å². The Morgan fingerprint density at radius 2 is 1.69 bits per heavy atom. The third kappa shape index (κ3) is 7.32. The lowest BCUT2D eigenvalue weighted by Crippen LogP contribution is -2.38. The van der Waals surface area contributed by atoms with Crippen molar-refractivity contribution in [3.05, 3.63) is 78.0 Å². The van der Waals surface area contributed by atoms with Crippen molar-refractivity contribution in [2.45, 2.75) is 20.0 Å². The van der Waals surface area contributed by atoms with Crippen molar-refractivity contribution in [1.29, 1.82) is 0 Å². The number of ether oxygens (including phenoxy) is 3. The predicted octanol–water partition coefficient (Wildman–Crippen LogP) is 5.17. The average molecular weight is 611 g/mol.